The second kappa shape index (κ2) is 6.84. The summed E-state index contributed by atoms with van der Waals surface area (Å²) in [7, 11) is 3.25. The van der Waals surface area contributed by atoms with E-state index in [1.807, 2.05) is 36.8 Å². The van der Waals surface area contributed by atoms with Crippen LogP contribution in [0.5, 0.6) is 11.6 Å². The molecule has 0 bridgehead atoms. The normalized spacial score (nSPS) is 11.4. The topological polar surface area (TPSA) is 77.8 Å². The summed E-state index contributed by atoms with van der Waals surface area (Å²) in [6.07, 6.45) is 6.03. The number of fused-ring (bicyclic) bond motifs is 5. The summed E-state index contributed by atoms with van der Waals surface area (Å²) in [5.74, 6) is 7.69. The Morgan fingerprint density at radius 2 is 1.97 bits per heavy atom. The molecule has 0 radical (unpaired) electrons. The first-order valence-electron chi connectivity index (χ1n) is 9.06. The van der Waals surface area contributed by atoms with Crippen molar-refractivity contribution in [2.75, 3.05) is 14.2 Å². The average molecular weight is 383 g/mol. The van der Waals surface area contributed by atoms with Gasteiger partial charge in [0.2, 0.25) is 5.88 Å². The Morgan fingerprint density at radius 3 is 2.76 bits per heavy atom. The maximum atomic E-state index is 5.41. The molecule has 142 valence electrons. The summed E-state index contributed by atoms with van der Waals surface area (Å²) < 4.78 is 12.6. The molecule has 0 aliphatic carbocycles. The van der Waals surface area contributed by atoms with Crippen molar-refractivity contribution in [2.24, 2.45) is 0 Å². The number of aromatic nitrogens is 5. The number of pyridine rings is 1. The van der Waals surface area contributed by atoms with Gasteiger partial charge in [0.1, 0.15) is 17.8 Å². The van der Waals surface area contributed by atoms with E-state index < -0.39 is 0 Å². The lowest BCUT2D eigenvalue weighted by molar-refractivity contribution is 0.398. The van der Waals surface area contributed by atoms with Crippen molar-refractivity contribution in [3.05, 3.63) is 71.6 Å². The fraction of sp³-hybridized carbons (Fsp3) is 0.136. The van der Waals surface area contributed by atoms with Crippen LogP contribution in [-0.2, 0) is 6.42 Å². The van der Waals surface area contributed by atoms with Crippen LogP contribution in [0.1, 0.15) is 22.5 Å². The highest BCUT2D eigenvalue weighted by Gasteiger charge is 2.23. The zero-order valence-corrected chi connectivity index (χ0v) is 15.9. The second-order valence-corrected chi connectivity index (χ2v) is 6.58. The van der Waals surface area contributed by atoms with Gasteiger partial charge >= 0.3 is 0 Å². The fourth-order valence-electron chi connectivity index (χ4n) is 3.47. The highest BCUT2D eigenvalue weighted by atomic mass is 16.5. The largest absolute Gasteiger partial charge is 0.497 e. The predicted molar refractivity (Wildman–Crippen MR) is 107 cm³/mol. The van der Waals surface area contributed by atoms with Gasteiger partial charge in [-0.05, 0) is 30.2 Å². The number of nitrogens with zero attached hydrogens (tertiary/aromatic N) is 4. The molecule has 3 aromatic heterocycles. The molecule has 7 nitrogen and oxygen atoms in total. The van der Waals surface area contributed by atoms with Gasteiger partial charge in [0.25, 0.3) is 0 Å². The minimum Gasteiger partial charge on any atom is -0.497 e. The van der Waals surface area contributed by atoms with Gasteiger partial charge in [-0.15, -0.1) is 0 Å². The molecular weight excluding hydrogens is 366 g/mol. The molecule has 1 N–H and O–H groups in total. The zero-order valence-electron chi connectivity index (χ0n) is 15.9. The van der Waals surface area contributed by atoms with Crippen molar-refractivity contribution in [1.82, 2.24) is 24.7 Å². The smallest absolute Gasteiger partial charge is 0.212 e. The molecule has 7 heteroatoms. The molecule has 1 aromatic carbocycles. The molecule has 0 saturated heterocycles. The number of ether oxygens (including phenoxy) is 2. The summed E-state index contributed by atoms with van der Waals surface area (Å²) in [5.41, 5.74) is 6.66. The van der Waals surface area contributed by atoms with Crippen molar-refractivity contribution in [2.45, 2.75) is 6.42 Å². The molecule has 29 heavy (non-hydrogen) atoms. The van der Waals surface area contributed by atoms with Crippen molar-refractivity contribution >= 4 is 0 Å². The van der Waals surface area contributed by atoms with Gasteiger partial charge in [0.05, 0.1) is 37.5 Å². The van der Waals surface area contributed by atoms with Crippen LogP contribution in [0.15, 0.2) is 49.1 Å². The minimum atomic E-state index is 0.561. The standard InChI is InChI=1S/C22H17N5O2/c1-28-16-5-7-19-17(10-16)22-15(12-25-26-22)9-20-18(24-13-27(19)20)6-3-14-4-8-21(29-2)23-11-14/h4-5,7-8,10-13H,9H2,1-2H3,(H,25,26). The molecule has 4 aromatic rings. The third-order valence-corrected chi connectivity index (χ3v) is 4.95. The summed E-state index contributed by atoms with van der Waals surface area (Å²) >= 11 is 0. The number of H-pyrrole nitrogens is 1. The molecule has 0 fully saturated rings. The van der Waals surface area contributed by atoms with E-state index in [9.17, 15) is 0 Å². The highest BCUT2D eigenvalue weighted by molar-refractivity contribution is 5.76. The second-order valence-electron chi connectivity index (χ2n) is 6.58. The van der Waals surface area contributed by atoms with E-state index >= 15 is 0 Å². The quantitative estimate of drug-likeness (QED) is 0.474. The lowest BCUT2D eigenvalue weighted by Gasteiger charge is -2.11. The molecule has 1 aliphatic rings. The van der Waals surface area contributed by atoms with Crippen LogP contribution in [0.2, 0.25) is 0 Å². The summed E-state index contributed by atoms with van der Waals surface area (Å²) in [6, 6.07) is 9.65. The predicted octanol–water partition coefficient (Wildman–Crippen LogP) is 2.98. The molecule has 1 aliphatic heterocycles. The van der Waals surface area contributed by atoms with Gasteiger partial charge in [-0.1, -0.05) is 5.92 Å². The van der Waals surface area contributed by atoms with E-state index in [-0.39, 0.29) is 0 Å². The monoisotopic (exact) mass is 383 g/mol. The van der Waals surface area contributed by atoms with Crippen LogP contribution in [0, 0.1) is 11.8 Å². The number of imidazole rings is 1. The molecule has 0 spiro atoms. The lowest BCUT2D eigenvalue weighted by Crippen LogP contribution is -2.00. The van der Waals surface area contributed by atoms with Crippen LogP contribution in [0.3, 0.4) is 0 Å². The third-order valence-electron chi connectivity index (χ3n) is 4.95. The summed E-state index contributed by atoms with van der Waals surface area (Å²) in [6.45, 7) is 0. The number of hydrogen-bond acceptors (Lipinski definition) is 5. The Hall–Kier alpha value is -4.05. The van der Waals surface area contributed by atoms with Crippen molar-refractivity contribution in [3.8, 4) is 40.4 Å². The summed E-state index contributed by atoms with van der Waals surface area (Å²) in [4.78, 5) is 8.76. The molecule has 0 saturated carbocycles. The number of rotatable bonds is 2. The molecule has 0 atom stereocenters. The number of nitrogens with one attached hydrogen (secondary N) is 1. The van der Waals surface area contributed by atoms with E-state index in [4.69, 9.17) is 9.47 Å². The van der Waals surface area contributed by atoms with Gasteiger partial charge in [-0.2, -0.15) is 5.10 Å². The van der Waals surface area contributed by atoms with E-state index in [2.05, 4.69) is 36.6 Å². The van der Waals surface area contributed by atoms with E-state index in [0.29, 0.717) is 12.3 Å². The fourth-order valence-corrected chi connectivity index (χ4v) is 3.47. The molecular formula is C22H17N5O2. The van der Waals surface area contributed by atoms with Crippen LogP contribution in [0.4, 0.5) is 0 Å². The zero-order chi connectivity index (χ0) is 19.8. The third kappa shape index (κ3) is 2.91. The molecule has 0 unspecified atom stereocenters. The average Bonchev–Trinajstić information content (AvgIpc) is 3.37. The first kappa shape index (κ1) is 17.1. The Morgan fingerprint density at radius 1 is 1.03 bits per heavy atom. The van der Waals surface area contributed by atoms with Crippen LogP contribution < -0.4 is 9.47 Å². The Balaban J connectivity index is 1.61. The van der Waals surface area contributed by atoms with Gasteiger partial charge in [-0.3, -0.25) is 5.10 Å². The number of aromatic amines is 1. The van der Waals surface area contributed by atoms with Crippen LogP contribution in [-0.4, -0.2) is 39.0 Å². The lowest BCUT2D eigenvalue weighted by atomic mass is 10.0. The van der Waals surface area contributed by atoms with Crippen molar-refractivity contribution < 1.29 is 9.47 Å². The van der Waals surface area contributed by atoms with Crippen molar-refractivity contribution in [3.63, 3.8) is 0 Å². The Kier molecular flexibility index (Phi) is 4.03. The number of hydrogen-bond donors (Lipinski definition) is 1. The minimum absolute atomic E-state index is 0.561. The van der Waals surface area contributed by atoms with Gasteiger partial charge in [0, 0.05) is 35.4 Å². The molecule has 5 rings (SSSR count). The van der Waals surface area contributed by atoms with E-state index in [0.717, 1.165) is 45.2 Å². The maximum absolute atomic E-state index is 5.41. The van der Waals surface area contributed by atoms with E-state index in [1.54, 1.807) is 26.5 Å². The first-order valence-corrected chi connectivity index (χ1v) is 9.06. The maximum Gasteiger partial charge on any atom is 0.212 e. The van der Waals surface area contributed by atoms with Gasteiger partial charge in [0.15, 0.2) is 0 Å². The first-order chi connectivity index (χ1) is 14.3. The SMILES string of the molecule is COc1ccc2c(c1)-c1[nH]ncc1Cc1c(C#Cc3ccc(OC)nc3)ncn1-2. The summed E-state index contributed by atoms with van der Waals surface area (Å²) in [5, 5.41) is 7.37. The number of methoxy groups -OCH3 is 2. The van der Waals surface area contributed by atoms with Crippen LogP contribution >= 0.6 is 0 Å². The Bertz CT molecular complexity index is 1260. The number of benzene rings is 1. The highest BCUT2D eigenvalue weighted by Crippen LogP contribution is 2.36. The van der Waals surface area contributed by atoms with Crippen LogP contribution in [0.25, 0.3) is 16.9 Å². The van der Waals surface area contributed by atoms with Gasteiger partial charge in [-0.25, -0.2) is 9.97 Å². The van der Waals surface area contributed by atoms with Crippen molar-refractivity contribution in [1.29, 1.82) is 0 Å². The Labute approximate surface area is 167 Å². The molecule has 0 amide bonds. The van der Waals surface area contributed by atoms with E-state index in [1.165, 1.54) is 0 Å². The van der Waals surface area contributed by atoms with Gasteiger partial charge < -0.3 is 14.0 Å². The molecule has 4 heterocycles.